The molecule has 1 unspecified atom stereocenters. The van der Waals surface area contributed by atoms with E-state index >= 15 is 0 Å². The van der Waals surface area contributed by atoms with Gasteiger partial charge in [-0.2, -0.15) is 0 Å². The van der Waals surface area contributed by atoms with E-state index < -0.39 is 5.91 Å². The summed E-state index contributed by atoms with van der Waals surface area (Å²) in [6.07, 6.45) is 0.302. The van der Waals surface area contributed by atoms with Gasteiger partial charge >= 0.3 is 0 Å². The zero-order chi connectivity index (χ0) is 12.1. The van der Waals surface area contributed by atoms with Crippen LogP contribution in [0, 0.1) is 0 Å². The van der Waals surface area contributed by atoms with Crippen LogP contribution in [0.2, 0.25) is 0 Å². The molecule has 1 heterocycles. The van der Waals surface area contributed by atoms with E-state index in [1.165, 1.54) is 6.07 Å². The predicted molar refractivity (Wildman–Crippen MR) is 60.1 cm³/mol. The molecule has 1 rings (SSSR count). The van der Waals surface area contributed by atoms with Gasteiger partial charge < -0.3 is 15.7 Å². The first kappa shape index (κ1) is 12.4. The molecule has 3 N–H and O–H groups in total. The highest BCUT2D eigenvalue weighted by atomic mass is 16.3. The normalized spacial score (nSPS) is 12.2. The van der Waals surface area contributed by atoms with Gasteiger partial charge in [-0.05, 0) is 25.5 Å². The number of hydrogen-bond donors (Lipinski definition) is 2. The van der Waals surface area contributed by atoms with E-state index in [9.17, 15) is 4.79 Å². The fraction of sp³-hybridized carbons (Fsp3) is 0.500. The van der Waals surface area contributed by atoms with Crippen molar-refractivity contribution in [2.75, 3.05) is 18.5 Å². The van der Waals surface area contributed by atoms with Crippen LogP contribution >= 0.6 is 0 Å². The van der Waals surface area contributed by atoms with Crippen molar-refractivity contribution in [1.29, 1.82) is 0 Å². The maximum absolute atomic E-state index is 10.8. The largest absolute Gasteiger partial charge is 0.393 e. The van der Waals surface area contributed by atoms with E-state index in [4.69, 9.17) is 10.8 Å². The number of amides is 1. The van der Waals surface area contributed by atoms with E-state index in [1.807, 2.05) is 11.9 Å². The first-order chi connectivity index (χ1) is 7.50. The van der Waals surface area contributed by atoms with Gasteiger partial charge in [0.25, 0.3) is 5.91 Å². The van der Waals surface area contributed by atoms with Crippen molar-refractivity contribution < 1.29 is 9.90 Å². The third-order valence-corrected chi connectivity index (χ3v) is 2.18. The van der Waals surface area contributed by atoms with E-state index in [0.717, 1.165) is 0 Å². The zero-order valence-corrected chi connectivity index (χ0v) is 9.42. The Kier molecular flexibility index (Phi) is 4.19. The number of carbonyl (C=O) groups is 1. The van der Waals surface area contributed by atoms with Crippen LogP contribution in [-0.2, 0) is 0 Å². The van der Waals surface area contributed by atoms with E-state index in [2.05, 4.69) is 10.2 Å². The Bertz CT molecular complexity index is 350. The minimum absolute atomic E-state index is 0.146. The SMILES string of the molecule is CC(O)CCN(C)c1ccc(C(N)=O)nn1. The molecule has 1 amide bonds. The van der Waals surface area contributed by atoms with Crippen LogP contribution in [0.25, 0.3) is 0 Å². The van der Waals surface area contributed by atoms with Crippen LogP contribution in [0.4, 0.5) is 5.82 Å². The van der Waals surface area contributed by atoms with Crippen molar-refractivity contribution in [1.82, 2.24) is 10.2 Å². The average molecular weight is 224 g/mol. The molecule has 1 aromatic rings. The molecule has 16 heavy (non-hydrogen) atoms. The van der Waals surface area contributed by atoms with Crippen molar-refractivity contribution in [2.45, 2.75) is 19.4 Å². The molecular weight excluding hydrogens is 208 g/mol. The lowest BCUT2D eigenvalue weighted by Crippen LogP contribution is -2.23. The summed E-state index contributed by atoms with van der Waals surface area (Å²) < 4.78 is 0. The first-order valence-corrected chi connectivity index (χ1v) is 5.03. The number of nitrogens with two attached hydrogens (primary N) is 1. The summed E-state index contributed by atoms with van der Waals surface area (Å²) in [5.74, 6) is 0.0522. The number of rotatable bonds is 5. The highest BCUT2D eigenvalue weighted by Gasteiger charge is 2.07. The fourth-order valence-electron chi connectivity index (χ4n) is 1.16. The lowest BCUT2D eigenvalue weighted by Gasteiger charge is -2.18. The molecule has 0 aliphatic rings. The van der Waals surface area contributed by atoms with E-state index in [-0.39, 0.29) is 11.8 Å². The van der Waals surface area contributed by atoms with Crippen molar-refractivity contribution in [2.24, 2.45) is 5.73 Å². The summed E-state index contributed by atoms with van der Waals surface area (Å²) in [5, 5.41) is 16.7. The number of aromatic nitrogens is 2. The number of nitrogens with zero attached hydrogens (tertiary/aromatic N) is 3. The summed E-state index contributed by atoms with van der Waals surface area (Å²) >= 11 is 0. The number of anilines is 1. The van der Waals surface area contributed by atoms with Crippen molar-refractivity contribution in [3.05, 3.63) is 17.8 Å². The van der Waals surface area contributed by atoms with E-state index in [0.29, 0.717) is 18.8 Å². The minimum Gasteiger partial charge on any atom is -0.393 e. The Hall–Kier alpha value is -1.69. The topological polar surface area (TPSA) is 92.3 Å². The van der Waals surface area contributed by atoms with Gasteiger partial charge in [0.1, 0.15) is 0 Å². The van der Waals surface area contributed by atoms with Crippen molar-refractivity contribution >= 4 is 11.7 Å². The van der Waals surface area contributed by atoms with Gasteiger partial charge in [0.05, 0.1) is 6.10 Å². The maximum atomic E-state index is 10.8. The summed E-state index contributed by atoms with van der Waals surface area (Å²) in [5.41, 5.74) is 5.20. The summed E-state index contributed by atoms with van der Waals surface area (Å²) in [4.78, 5) is 12.6. The van der Waals surface area contributed by atoms with Gasteiger partial charge in [-0.25, -0.2) is 0 Å². The molecule has 0 bridgehead atoms. The quantitative estimate of drug-likeness (QED) is 0.721. The number of primary amides is 1. The molecule has 0 fully saturated rings. The second kappa shape index (κ2) is 5.41. The van der Waals surface area contributed by atoms with Gasteiger partial charge in [0.2, 0.25) is 0 Å². The smallest absolute Gasteiger partial charge is 0.269 e. The predicted octanol–water partition coefficient (Wildman–Crippen LogP) is -0.217. The second-order valence-electron chi connectivity index (χ2n) is 3.70. The molecule has 88 valence electrons. The van der Waals surface area contributed by atoms with Gasteiger partial charge in [-0.1, -0.05) is 0 Å². The Balaban J connectivity index is 2.63. The summed E-state index contributed by atoms with van der Waals surface area (Å²) in [6, 6.07) is 3.21. The standard InChI is InChI=1S/C10H16N4O2/c1-7(15)5-6-14(2)9-4-3-8(10(11)16)12-13-9/h3-4,7,15H,5-6H2,1-2H3,(H2,11,16). The molecule has 6 heteroatoms. The number of hydrogen-bond acceptors (Lipinski definition) is 5. The lowest BCUT2D eigenvalue weighted by atomic mass is 10.3. The van der Waals surface area contributed by atoms with Crippen LogP contribution < -0.4 is 10.6 Å². The average Bonchev–Trinajstić information content (AvgIpc) is 2.26. The molecular formula is C10H16N4O2. The molecule has 0 aliphatic heterocycles. The monoisotopic (exact) mass is 224 g/mol. The van der Waals surface area contributed by atoms with Crippen LogP contribution in [0.3, 0.4) is 0 Å². The molecule has 1 aromatic heterocycles. The third kappa shape index (κ3) is 3.47. The Morgan fingerprint density at radius 2 is 2.25 bits per heavy atom. The van der Waals surface area contributed by atoms with Gasteiger partial charge in [-0.3, -0.25) is 4.79 Å². The van der Waals surface area contributed by atoms with Crippen LogP contribution in [0.5, 0.6) is 0 Å². The number of carbonyl (C=O) groups excluding carboxylic acids is 1. The molecule has 0 saturated heterocycles. The Morgan fingerprint density at radius 3 is 2.69 bits per heavy atom. The lowest BCUT2D eigenvalue weighted by molar-refractivity contribution is 0.0994. The fourth-order valence-corrected chi connectivity index (χ4v) is 1.16. The molecule has 0 aliphatic carbocycles. The Morgan fingerprint density at radius 1 is 1.56 bits per heavy atom. The maximum Gasteiger partial charge on any atom is 0.269 e. The highest BCUT2D eigenvalue weighted by Crippen LogP contribution is 2.08. The van der Waals surface area contributed by atoms with Crippen molar-refractivity contribution in [3.63, 3.8) is 0 Å². The first-order valence-electron chi connectivity index (χ1n) is 5.03. The van der Waals surface area contributed by atoms with Crippen molar-refractivity contribution in [3.8, 4) is 0 Å². The summed E-state index contributed by atoms with van der Waals surface area (Å²) in [6.45, 7) is 2.40. The van der Waals surface area contributed by atoms with Gasteiger partial charge in [-0.15, -0.1) is 10.2 Å². The van der Waals surface area contributed by atoms with Gasteiger partial charge in [0, 0.05) is 13.6 Å². The van der Waals surface area contributed by atoms with Gasteiger partial charge in [0.15, 0.2) is 11.5 Å². The van der Waals surface area contributed by atoms with Crippen LogP contribution in [0.1, 0.15) is 23.8 Å². The molecule has 0 saturated carbocycles. The zero-order valence-electron chi connectivity index (χ0n) is 9.42. The second-order valence-corrected chi connectivity index (χ2v) is 3.70. The number of aliphatic hydroxyl groups is 1. The number of aliphatic hydroxyl groups excluding tert-OH is 1. The Labute approximate surface area is 94.1 Å². The molecule has 6 nitrogen and oxygen atoms in total. The van der Waals surface area contributed by atoms with Crippen LogP contribution in [0.15, 0.2) is 12.1 Å². The summed E-state index contributed by atoms with van der Waals surface area (Å²) in [7, 11) is 1.84. The van der Waals surface area contributed by atoms with Crippen LogP contribution in [-0.4, -0.2) is 40.9 Å². The third-order valence-electron chi connectivity index (χ3n) is 2.18. The molecule has 0 aromatic carbocycles. The molecule has 1 atom stereocenters. The molecule has 0 spiro atoms. The van der Waals surface area contributed by atoms with E-state index in [1.54, 1.807) is 13.0 Å². The molecule has 0 radical (unpaired) electrons. The highest BCUT2D eigenvalue weighted by molar-refractivity contribution is 5.90. The minimum atomic E-state index is -0.592.